The molecule has 2 unspecified atom stereocenters. The SMILES string of the molecule is CCCCC(CC)COCCC(C)(CO)NCC. The molecule has 0 aromatic heterocycles. The summed E-state index contributed by atoms with van der Waals surface area (Å²) in [4.78, 5) is 0. The lowest BCUT2D eigenvalue weighted by molar-refractivity contribution is 0.0637. The van der Waals surface area contributed by atoms with Crippen LogP contribution in [0, 0.1) is 5.92 Å². The fraction of sp³-hybridized carbons (Fsp3) is 1.00. The lowest BCUT2D eigenvalue weighted by Crippen LogP contribution is -2.46. The number of rotatable bonds is 12. The van der Waals surface area contributed by atoms with Crippen molar-refractivity contribution in [3.63, 3.8) is 0 Å². The van der Waals surface area contributed by atoms with E-state index in [1.54, 1.807) is 0 Å². The van der Waals surface area contributed by atoms with Gasteiger partial charge in [-0.1, -0.05) is 40.0 Å². The first kappa shape index (κ1) is 17.9. The molecule has 3 heteroatoms. The van der Waals surface area contributed by atoms with E-state index >= 15 is 0 Å². The summed E-state index contributed by atoms with van der Waals surface area (Å²) in [6, 6.07) is 0. The van der Waals surface area contributed by atoms with Crippen LogP contribution in [0.4, 0.5) is 0 Å². The van der Waals surface area contributed by atoms with E-state index in [0.29, 0.717) is 5.92 Å². The molecule has 2 atom stereocenters. The third-order valence-corrected chi connectivity index (χ3v) is 3.65. The lowest BCUT2D eigenvalue weighted by atomic mass is 9.99. The molecule has 0 saturated heterocycles. The van der Waals surface area contributed by atoms with Crippen molar-refractivity contribution in [3.05, 3.63) is 0 Å². The molecule has 0 aliphatic carbocycles. The first-order valence-electron chi connectivity index (χ1n) is 7.55. The van der Waals surface area contributed by atoms with E-state index in [4.69, 9.17) is 4.74 Å². The van der Waals surface area contributed by atoms with Gasteiger partial charge in [-0.2, -0.15) is 0 Å². The quantitative estimate of drug-likeness (QED) is 0.529. The Balaban J connectivity index is 3.75. The molecule has 0 amide bonds. The Bertz CT molecular complexity index is 187. The fourth-order valence-electron chi connectivity index (χ4n) is 2.10. The molecule has 0 fully saturated rings. The summed E-state index contributed by atoms with van der Waals surface area (Å²) in [6.45, 7) is 11.2. The Kier molecular flexibility index (Phi) is 10.7. The minimum absolute atomic E-state index is 0.164. The Morgan fingerprint density at radius 3 is 2.50 bits per heavy atom. The monoisotopic (exact) mass is 259 g/mol. The third-order valence-electron chi connectivity index (χ3n) is 3.65. The van der Waals surface area contributed by atoms with Crippen molar-refractivity contribution in [2.45, 2.75) is 65.3 Å². The summed E-state index contributed by atoms with van der Waals surface area (Å²) in [7, 11) is 0. The van der Waals surface area contributed by atoms with Crippen molar-refractivity contribution < 1.29 is 9.84 Å². The highest BCUT2D eigenvalue weighted by molar-refractivity contribution is 4.81. The van der Waals surface area contributed by atoms with Crippen LogP contribution in [0.1, 0.15) is 59.8 Å². The maximum Gasteiger partial charge on any atom is 0.0611 e. The van der Waals surface area contributed by atoms with Gasteiger partial charge in [0, 0.05) is 18.8 Å². The van der Waals surface area contributed by atoms with Gasteiger partial charge in [0.05, 0.1) is 6.61 Å². The van der Waals surface area contributed by atoms with Crippen molar-refractivity contribution in [2.75, 3.05) is 26.4 Å². The molecule has 0 radical (unpaired) electrons. The summed E-state index contributed by atoms with van der Waals surface area (Å²) in [6.07, 6.45) is 5.90. The molecule has 0 rings (SSSR count). The number of unbranched alkanes of at least 4 members (excludes halogenated alkanes) is 1. The van der Waals surface area contributed by atoms with Crippen LogP contribution in [0.5, 0.6) is 0 Å². The van der Waals surface area contributed by atoms with Crippen molar-refractivity contribution in [1.29, 1.82) is 0 Å². The van der Waals surface area contributed by atoms with E-state index in [0.717, 1.165) is 26.2 Å². The lowest BCUT2D eigenvalue weighted by Gasteiger charge is -2.28. The van der Waals surface area contributed by atoms with Crippen LogP contribution >= 0.6 is 0 Å². The summed E-state index contributed by atoms with van der Waals surface area (Å²) in [5, 5.41) is 12.7. The minimum atomic E-state index is -0.195. The molecule has 3 nitrogen and oxygen atoms in total. The number of ether oxygens (including phenoxy) is 1. The largest absolute Gasteiger partial charge is 0.394 e. The molecule has 0 spiro atoms. The molecule has 0 heterocycles. The average molecular weight is 259 g/mol. The van der Waals surface area contributed by atoms with Crippen LogP contribution in [0.2, 0.25) is 0 Å². The zero-order chi connectivity index (χ0) is 13.9. The highest BCUT2D eigenvalue weighted by Gasteiger charge is 2.21. The average Bonchev–Trinajstić information content (AvgIpc) is 2.38. The van der Waals surface area contributed by atoms with Crippen molar-refractivity contribution in [2.24, 2.45) is 5.92 Å². The first-order valence-corrected chi connectivity index (χ1v) is 7.55. The second kappa shape index (κ2) is 10.8. The predicted octanol–water partition coefficient (Wildman–Crippen LogP) is 2.97. The molecular weight excluding hydrogens is 226 g/mol. The molecule has 18 heavy (non-hydrogen) atoms. The second-order valence-corrected chi connectivity index (χ2v) is 5.49. The van der Waals surface area contributed by atoms with E-state index in [1.807, 2.05) is 6.92 Å². The van der Waals surface area contributed by atoms with E-state index in [-0.39, 0.29) is 12.1 Å². The third kappa shape index (κ3) is 8.06. The smallest absolute Gasteiger partial charge is 0.0611 e. The van der Waals surface area contributed by atoms with Crippen LogP contribution in [0.3, 0.4) is 0 Å². The maximum atomic E-state index is 9.37. The number of aliphatic hydroxyl groups excluding tert-OH is 1. The second-order valence-electron chi connectivity index (χ2n) is 5.49. The molecule has 0 bridgehead atoms. The van der Waals surface area contributed by atoms with Gasteiger partial charge in [0.25, 0.3) is 0 Å². The van der Waals surface area contributed by atoms with Crippen molar-refractivity contribution >= 4 is 0 Å². The Morgan fingerprint density at radius 2 is 2.00 bits per heavy atom. The number of hydrogen-bond acceptors (Lipinski definition) is 3. The molecule has 0 aromatic rings. The minimum Gasteiger partial charge on any atom is -0.394 e. The standard InChI is InChI=1S/C15H33NO2/c1-5-8-9-14(6-2)12-18-11-10-15(4,13-17)16-7-3/h14,16-17H,5-13H2,1-4H3. The molecule has 0 aromatic carbocycles. The van der Waals surface area contributed by atoms with Crippen LogP contribution in [-0.4, -0.2) is 37.0 Å². The van der Waals surface area contributed by atoms with Gasteiger partial charge in [0.2, 0.25) is 0 Å². The van der Waals surface area contributed by atoms with Crippen LogP contribution in [0.25, 0.3) is 0 Å². The highest BCUT2D eigenvalue weighted by Crippen LogP contribution is 2.14. The van der Waals surface area contributed by atoms with Gasteiger partial charge < -0.3 is 15.2 Å². The zero-order valence-electron chi connectivity index (χ0n) is 12.8. The van der Waals surface area contributed by atoms with Crippen LogP contribution in [0.15, 0.2) is 0 Å². The van der Waals surface area contributed by atoms with E-state index < -0.39 is 0 Å². The Morgan fingerprint density at radius 1 is 1.28 bits per heavy atom. The van der Waals surface area contributed by atoms with Gasteiger partial charge in [0.1, 0.15) is 0 Å². The number of nitrogens with one attached hydrogen (secondary N) is 1. The van der Waals surface area contributed by atoms with E-state index in [1.165, 1.54) is 25.7 Å². The van der Waals surface area contributed by atoms with E-state index in [9.17, 15) is 5.11 Å². The normalized spacial score (nSPS) is 16.5. The maximum absolute atomic E-state index is 9.37. The van der Waals surface area contributed by atoms with Gasteiger partial charge in [-0.3, -0.25) is 0 Å². The van der Waals surface area contributed by atoms with Crippen LogP contribution in [-0.2, 0) is 4.74 Å². The summed E-state index contributed by atoms with van der Waals surface area (Å²) in [5.41, 5.74) is -0.195. The molecule has 110 valence electrons. The zero-order valence-corrected chi connectivity index (χ0v) is 12.8. The predicted molar refractivity (Wildman–Crippen MR) is 77.9 cm³/mol. The first-order chi connectivity index (χ1) is 8.61. The van der Waals surface area contributed by atoms with Gasteiger partial charge in [-0.05, 0) is 32.2 Å². The molecular formula is C15H33NO2. The molecule has 2 N–H and O–H groups in total. The number of hydrogen-bond donors (Lipinski definition) is 2. The summed E-state index contributed by atoms with van der Waals surface area (Å²) >= 11 is 0. The van der Waals surface area contributed by atoms with Crippen molar-refractivity contribution in [1.82, 2.24) is 5.32 Å². The molecule has 0 saturated carbocycles. The van der Waals surface area contributed by atoms with Crippen LogP contribution < -0.4 is 5.32 Å². The van der Waals surface area contributed by atoms with Gasteiger partial charge in [-0.25, -0.2) is 0 Å². The Hall–Kier alpha value is -0.120. The number of likely N-dealkylation sites (N-methyl/N-ethyl adjacent to an activating group) is 1. The van der Waals surface area contributed by atoms with Crippen molar-refractivity contribution in [3.8, 4) is 0 Å². The van der Waals surface area contributed by atoms with E-state index in [2.05, 4.69) is 26.1 Å². The number of aliphatic hydroxyl groups is 1. The Labute approximate surface area is 113 Å². The topological polar surface area (TPSA) is 41.5 Å². The molecule has 0 aliphatic rings. The highest BCUT2D eigenvalue weighted by atomic mass is 16.5. The fourth-order valence-corrected chi connectivity index (χ4v) is 2.10. The van der Waals surface area contributed by atoms with Gasteiger partial charge in [-0.15, -0.1) is 0 Å². The molecule has 0 aliphatic heterocycles. The summed E-state index contributed by atoms with van der Waals surface area (Å²) < 4.78 is 5.78. The van der Waals surface area contributed by atoms with Gasteiger partial charge >= 0.3 is 0 Å². The van der Waals surface area contributed by atoms with Gasteiger partial charge in [0.15, 0.2) is 0 Å². The summed E-state index contributed by atoms with van der Waals surface area (Å²) in [5.74, 6) is 0.699.